The molecule has 1 saturated heterocycles. The molecule has 4 amide bonds. The van der Waals surface area contributed by atoms with Gasteiger partial charge in [-0.05, 0) is 55.0 Å². The lowest BCUT2D eigenvalue weighted by Crippen LogP contribution is -2.54. The van der Waals surface area contributed by atoms with E-state index in [1.165, 1.54) is 13.2 Å². The van der Waals surface area contributed by atoms with Crippen molar-refractivity contribution >= 4 is 45.5 Å². The summed E-state index contributed by atoms with van der Waals surface area (Å²) >= 11 is 3.30. The van der Waals surface area contributed by atoms with Crippen molar-refractivity contribution in [2.75, 3.05) is 18.6 Å². The number of amides is 4. The molecule has 2 aromatic rings. The number of rotatable bonds is 5. The highest BCUT2D eigenvalue weighted by Crippen LogP contribution is 2.30. The van der Waals surface area contributed by atoms with E-state index < -0.39 is 17.8 Å². The first-order valence-corrected chi connectivity index (χ1v) is 9.21. The van der Waals surface area contributed by atoms with Gasteiger partial charge in [0, 0.05) is 4.47 Å². The maximum absolute atomic E-state index is 12.9. The molecule has 28 heavy (non-hydrogen) atoms. The summed E-state index contributed by atoms with van der Waals surface area (Å²) in [5.74, 6) is -0.431. The number of nitrogens with zero attached hydrogens (tertiary/aromatic N) is 1. The van der Waals surface area contributed by atoms with Gasteiger partial charge in [-0.1, -0.05) is 22.0 Å². The minimum atomic E-state index is -0.793. The highest BCUT2D eigenvalue weighted by Gasteiger charge is 2.36. The molecule has 2 aromatic carbocycles. The first-order chi connectivity index (χ1) is 13.4. The van der Waals surface area contributed by atoms with Crippen molar-refractivity contribution in [2.24, 2.45) is 0 Å². The van der Waals surface area contributed by atoms with Crippen molar-refractivity contribution in [3.8, 4) is 11.5 Å². The lowest BCUT2D eigenvalue weighted by molar-refractivity contribution is -0.122. The fourth-order valence-electron chi connectivity index (χ4n) is 2.70. The molecule has 0 radical (unpaired) electrons. The number of imide groups is 2. The van der Waals surface area contributed by atoms with Crippen molar-refractivity contribution in [1.29, 1.82) is 0 Å². The van der Waals surface area contributed by atoms with Crippen LogP contribution in [0.15, 0.2) is 52.5 Å². The average Bonchev–Trinajstić information content (AvgIpc) is 2.67. The Kier molecular flexibility index (Phi) is 5.79. The Labute approximate surface area is 170 Å². The van der Waals surface area contributed by atoms with E-state index in [9.17, 15) is 14.4 Å². The van der Waals surface area contributed by atoms with Crippen molar-refractivity contribution in [3.63, 3.8) is 0 Å². The molecule has 144 valence electrons. The zero-order valence-electron chi connectivity index (χ0n) is 15.2. The number of ether oxygens (including phenoxy) is 2. The fourth-order valence-corrected chi connectivity index (χ4v) is 2.96. The number of urea groups is 1. The molecule has 3 rings (SSSR count). The highest BCUT2D eigenvalue weighted by molar-refractivity contribution is 9.10. The zero-order chi connectivity index (χ0) is 20.3. The highest BCUT2D eigenvalue weighted by atomic mass is 79.9. The van der Waals surface area contributed by atoms with Crippen LogP contribution in [0.3, 0.4) is 0 Å². The minimum absolute atomic E-state index is 0.159. The van der Waals surface area contributed by atoms with Crippen LogP contribution in [0.4, 0.5) is 10.5 Å². The Morgan fingerprint density at radius 3 is 2.43 bits per heavy atom. The Morgan fingerprint density at radius 2 is 1.79 bits per heavy atom. The molecule has 1 fully saturated rings. The zero-order valence-corrected chi connectivity index (χ0v) is 16.8. The molecule has 8 heteroatoms. The predicted molar refractivity (Wildman–Crippen MR) is 107 cm³/mol. The van der Waals surface area contributed by atoms with Gasteiger partial charge in [0.05, 0.1) is 19.4 Å². The molecule has 0 aromatic heterocycles. The van der Waals surface area contributed by atoms with Gasteiger partial charge in [0.15, 0.2) is 11.5 Å². The average molecular weight is 445 g/mol. The smallest absolute Gasteiger partial charge is 0.335 e. The SMILES string of the molecule is CCOc1ccc(/C=C2\C(=O)NC(=O)N(c3ccc(Br)cc3)C2=O)cc1OC. The number of carbonyl (C=O) groups excluding carboxylic acids is 3. The minimum Gasteiger partial charge on any atom is -0.493 e. The van der Waals surface area contributed by atoms with E-state index in [1.54, 1.807) is 42.5 Å². The van der Waals surface area contributed by atoms with Crippen LogP contribution in [0.25, 0.3) is 6.08 Å². The van der Waals surface area contributed by atoms with Crippen molar-refractivity contribution in [2.45, 2.75) is 6.92 Å². The number of benzene rings is 2. The number of hydrogen-bond acceptors (Lipinski definition) is 5. The first-order valence-electron chi connectivity index (χ1n) is 8.42. The van der Waals surface area contributed by atoms with Crippen LogP contribution >= 0.6 is 15.9 Å². The fraction of sp³-hybridized carbons (Fsp3) is 0.150. The van der Waals surface area contributed by atoms with Gasteiger partial charge in [0.25, 0.3) is 11.8 Å². The van der Waals surface area contributed by atoms with E-state index >= 15 is 0 Å². The van der Waals surface area contributed by atoms with Crippen molar-refractivity contribution < 1.29 is 23.9 Å². The number of anilines is 1. The number of hydrogen-bond donors (Lipinski definition) is 1. The summed E-state index contributed by atoms with van der Waals surface area (Å²) in [7, 11) is 1.50. The lowest BCUT2D eigenvalue weighted by Gasteiger charge is -2.26. The van der Waals surface area contributed by atoms with Gasteiger partial charge in [0.1, 0.15) is 5.57 Å². The Hall–Kier alpha value is -3.13. The maximum atomic E-state index is 12.9. The summed E-state index contributed by atoms with van der Waals surface area (Å²) in [5, 5.41) is 2.19. The van der Waals surface area contributed by atoms with Gasteiger partial charge >= 0.3 is 6.03 Å². The second kappa shape index (κ2) is 8.26. The van der Waals surface area contributed by atoms with E-state index in [1.807, 2.05) is 6.92 Å². The molecule has 0 saturated carbocycles. The molecule has 0 bridgehead atoms. The van der Waals surface area contributed by atoms with E-state index in [0.717, 1.165) is 9.37 Å². The number of nitrogens with one attached hydrogen (secondary N) is 1. The van der Waals surface area contributed by atoms with Crippen LogP contribution in [-0.2, 0) is 9.59 Å². The van der Waals surface area contributed by atoms with Gasteiger partial charge in [-0.3, -0.25) is 14.9 Å². The summed E-state index contributed by atoms with van der Waals surface area (Å²) in [6, 6.07) is 10.9. The second-order valence-electron chi connectivity index (χ2n) is 5.78. The third-order valence-electron chi connectivity index (χ3n) is 3.99. The number of halogens is 1. The van der Waals surface area contributed by atoms with Gasteiger partial charge in [0.2, 0.25) is 0 Å². The number of carbonyl (C=O) groups is 3. The molecule has 0 spiro atoms. The Bertz CT molecular complexity index is 969. The largest absolute Gasteiger partial charge is 0.493 e. The monoisotopic (exact) mass is 444 g/mol. The molecular formula is C20H17BrN2O5. The summed E-state index contributed by atoms with van der Waals surface area (Å²) in [5.41, 5.74) is 0.756. The molecule has 1 N–H and O–H groups in total. The van der Waals surface area contributed by atoms with Gasteiger partial charge in [-0.25, -0.2) is 9.69 Å². The third kappa shape index (κ3) is 3.91. The Balaban J connectivity index is 1.98. The molecule has 1 aliphatic heterocycles. The van der Waals surface area contributed by atoms with Crippen LogP contribution in [0.2, 0.25) is 0 Å². The summed E-state index contributed by atoms with van der Waals surface area (Å²) in [4.78, 5) is 38.3. The maximum Gasteiger partial charge on any atom is 0.335 e. The van der Waals surface area contributed by atoms with Crippen molar-refractivity contribution in [1.82, 2.24) is 5.32 Å². The third-order valence-corrected chi connectivity index (χ3v) is 4.51. The van der Waals surface area contributed by atoms with E-state index in [-0.39, 0.29) is 5.57 Å². The van der Waals surface area contributed by atoms with Crippen LogP contribution in [0.1, 0.15) is 12.5 Å². The number of barbiturate groups is 1. The van der Waals surface area contributed by atoms with Crippen LogP contribution < -0.4 is 19.7 Å². The topological polar surface area (TPSA) is 84.9 Å². The van der Waals surface area contributed by atoms with Gasteiger partial charge < -0.3 is 9.47 Å². The second-order valence-corrected chi connectivity index (χ2v) is 6.69. The summed E-state index contributed by atoms with van der Waals surface area (Å²) in [6.07, 6.45) is 1.41. The van der Waals surface area contributed by atoms with Crippen LogP contribution in [-0.4, -0.2) is 31.6 Å². The van der Waals surface area contributed by atoms with E-state index in [0.29, 0.717) is 29.4 Å². The molecular weight excluding hydrogens is 428 g/mol. The molecule has 0 unspecified atom stereocenters. The molecule has 1 aliphatic rings. The van der Waals surface area contributed by atoms with Crippen LogP contribution in [0.5, 0.6) is 11.5 Å². The van der Waals surface area contributed by atoms with E-state index in [4.69, 9.17) is 9.47 Å². The quantitative estimate of drug-likeness (QED) is 0.563. The normalized spacial score (nSPS) is 15.6. The first kappa shape index (κ1) is 19.6. The lowest BCUT2D eigenvalue weighted by atomic mass is 10.1. The molecule has 0 aliphatic carbocycles. The van der Waals surface area contributed by atoms with Gasteiger partial charge in [-0.15, -0.1) is 0 Å². The van der Waals surface area contributed by atoms with E-state index in [2.05, 4.69) is 21.2 Å². The summed E-state index contributed by atoms with van der Waals surface area (Å²) in [6.45, 7) is 2.33. The van der Waals surface area contributed by atoms with Gasteiger partial charge in [-0.2, -0.15) is 0 Å². The standard InChI is InChI=1S/C20H17BrN2O5/c1-3-28-16-9-4-12(11-17(16)27-2)10-15-18(24)22-20(26)23(19(15)25)14-7-5-13(21)6-8-14/h4-11H,3H2,1-2H3,(H,22,24,26)/b15-10+. The Morgan fingerprint density at radius 1 is 1.07 bits per heavy atom. The van der Waals surface area contributed by atoms with Crippen molar-refractivity contribution in [3.05, 3.63) is 58.1 Å². The molecule has 0 atom stereocenters. The van der Waals surface area contributed by atoms with Crippen LogP contribution in [0, 0.1) is 0 Å². The molecule has 7 nitrogen and oxygen atoms in total. The molecule has 1 heterocycles. The number of methoxy groups -OCH3 is 1. The predicted octanol–water partition coefficient (Wildman–Crippen LogP) is 3.52. The summed E-state index contributed by atoms with van der Waals surface area (Å²) < 4.78 is 11.6.